The van der Waals surface area contributed by atoms with Gasteiger partial charge < -0.3 is 58.0 Å². The second kappa shape index (κ2) is 20.6. The van der Waals surface area contributed by atoms with Crippen LogP contribution < -0.4 is 0 Å². The lowest BCUT2D eigenvalue weighted by Gasteiger charge is -2.29. The lowest BCUT2D eigenvalue weighted by molar-refractivity contribution is -0.172. The third-order valence-corrected chi connectivity index (χ3v) is 14.8. The highest BCUT2D eigenvalue weighted by atomic mass is 19.4. The minimum absolute atomic E-state index is 0.152. The summed E-state index contributed by atoms with van der Waals surface area (Å²) in [6, 6.07) is 0. The van der Waals surface area contributed by atoms with Gasteiger partial charge in [0.05, 0.1) is 48.3 Å². The molecule has 0 radical (unpaired) electrons. The van der Waals surface area contributed by atoms with Crippen LogP contribution in [0.4, 0.5) is 13.2 Å². The van der Waals surface area contributed by atoms with E-state index in [-0.39, 0.29) is 49.4 Å². The first-order valence-corrected chi connectivity index (χ1v) is 22.7. The number of carbonyl (C=O) groups excluding carboxylic acids is 9. The summed E-state index contributed by atoms with van der Waals surface area (Å²) in [5, 5.41) is 28.0. The molecular weight excluding hydrogens is 993 g/mol. The van der Waals surface area contributed by atoms with Gasteiger partial charge in [0, 0.05) is 47.2 Å². The lowest BCUT2D eigenvalue weighted by atomic mass is 9.78. The van der Waals surface area contributed by atoms with Crippen LogP contribution in [0.5, 0.6) is 0 Å². The fourth-order valence-corrected chi connectivity index (χ4v) is 12.0. The van der Waals surface area contributed by atoms with Crippen molar-refractivity contribution in [3.63, 3.8) is 0 Å². The zero-order valence-electron chi connectivity index (χ0n) is 38.3. The first kappa shape index (κ1) is 53.4. The normalized spacial score (nSPS) is 35.4. The standard InChI is InChI=1S/C16H18O8.C15H13F3O8.C15H16O8/c1-6(2)15(20)22-4-3-9(17)23-12-7-5-8-11(10(7)14(18)19)16(21)24-13(8)12;1-4(15(16,17)18)13(22)24-3-7(19)25-10-5-2-6-9(8(5)12(20)21)14(23)26-11(6)10;1-2-8(16)21-4-3-9(17)22-12-6-5-7-11(10(6)14(18)19)15(20)23-13(7)12/h7-8,10-13H,1,3-5H2,2H3,(H,18,19);5-6,8-11H,1-3H2,(H,20,21);2,6-7,10-13H,1,3-5H2,(H,18,19). The van der Waals surface area contributed by atoms with Crippen LogP contribution in [0.25, 0.3) is 0 Å². The zero-order valence-corrected chi connectivity index (χ0v) is 38.3. The van der Waals surface area contributed by atoms with Crippen molar-refractivity contribution in [2.45, 2.75) is 81.8 Å². The molecule has 0 aromatic carbocycles. The molecule has 9 aliphatic rings. The smallest absolute Gasteiger partial charge is 0.422 e. The summed E-state index contributed by atoms with van der Waals surface area (Å²) in [7, 11) is 0. The van der Waals surface area contributed by atoms with E-state index in [2.05, 4.69) is 29.2 Å². The predicted molar refractivity (Wildman–Crippen MR) is 220 cm³/mol. The molecule has 0 aromatic rings. The van der Waals surface area contributed by atoms with Crippen molar-refractivity contribution in [2.75, 3.05) is 19.8 Å². The molecule has 396 valence electrons. The summed E-state index contributed by atoms with van der Waals surface area (Å²) in [6.45, 7) is 9.27. The van der Waals surface area contributed by atoms with Gasteiger partial charge in [-0.1, -0.05) is 19.7 Å². The van der Waals surface area contributed by atoms with Gasteiger partial charge in [-0.25, -0.2) is 19.2 Å². The van der Waals surface area contributed by atoms with Crippen molar-refractivity contribution < 1.29 is 129 Å². The Balaban J connectivity index is 0.000000161. The molecule has 3 aliphatic heterocycles. The summed E-state index contributed by atoms with van der Waals surface area (Å²) in [5.74, 6) is -17.7. The second-order valence-electron chi connectivity index (χ2n) is 18.8. The van der Waals surface area contributed by atoms with Gasteiger partial charge in [0.2, 0.25) is 0 Å². The van der Waals surface area contributed by atoms with Gasteiger partial charge in [-0.15, -0.1) is 0 Å². The molecule has 24 nitrogen and oxygen atoms in total. The minimum Gasteiger partial charge on any atom is -0.481 e. The fourth-order valence-electron chi connectivity index (χ4n) is 12.0. The number of rotatable bonds is 17. The van der Waals surface area contributed by atoms with Crippen molar-refractivity contribution in [1.82, 2.24) is 0 Å². The van der Waals surface area contributed by atoms with E-state index in [1.807, 2.05) is 0 Å². The average Bonchev–Trinajstić information content (AvgIpc) is 4.20. The molecule has 18 unspecified atom stereocenters. The molecule has 3 N–H and O–H groups in total. The highest BCUT2D eigenvalue weighted by Gasteiger charge is 2.72. The van der Waals surface area contributed by atoms with Crippen molar-refractivity contribution >= 4 is 71.6 Å². The number of aliphatic carboxylic acids is 3. The number of hydrogen-bond donors (Lipinski definition) is 3. The topological polar surface area (TPSA) is 349 Å². The van der Waals surface area contributed by atoms with Crippen LogP contribution in [-0.4, -0.2) is 150 Å². The quantitative estimate of drug-likeness (QED) is 0.102. The number of ether oxygens (including phenoxy) is 9. The Bertz CT molecular complexity index is 2430. The summed E-state index contributed by atoms with van der Waals surface area (Å²) in [5.41, 5.74) is -1.55. The highest BCUT2D eigenvalue weighted by molar-refractivity contribution is 5.91. The number of esters is 9. The van der Waals surface area contributed by atoms with Crippen LogP contribution in [0.3, 0.4) is 0 Å². The second-order valence-corrected chi connectivity index (χ2v) is 18.8. The maximum atomic E-state index is 12.3. The summed E-state index contributed by atoms with van der Waals surface area (Å²) in [6.07, 6.45) is -7.46. The van der Waals surface area contributed by atoms with E-state index in [0.717, 1.165) is 6.08 Å². The van der Waals surface area contributed by atoms with E-state index < -0.39 is 180 Å². The molecule has 18 atom stereocenters. The van der Waals surface area contributed by atoms with E-state index in [1.165, 1.54) is 6.92 Å². The third kappa shape index (κ3) is 10.2. The Hall–Kier alpha value is -7.35. The maximum Gasteiger partial charge on any atom is 0.422 e. The lowest BCUT2D eigenvalue weighted by Crippen LogP contribution is -2.43. The Morgan fingerprint density at radius 2 is 0.932 bits per heavy atom. The average molecular weight is 1040 g/mol. The van der Waals surface area contributed by atoms with Crippen molar-refractivity contribution in [3.8, 4) is 0 Å². The zero-order chi connectivity index (χ0) is 53.7. The Morgan fingerprint density at radius 3 is 1.26 bits per heavy atom. The first-order valence-electron chi connectivity index (χ1n) is 22.7. The van der Waals surface area contributed by atoms with Gasteiger partial charge in [-0.3, -0.25) is 38.4 Å². The van der Waals surface area contributed by atoms with Crippen LogP contribution in [-0.2, 0) is 100 Å². The highest BCUT2D eigenvalue weighted by Crippen LogP contribution is 2.61. The van der Waals surface area contributed by atoms with E-state index >= 15 is 0 Å². The Morgan fingerprint density at radius 1 is 0.575 bits per heavy atom. The molecule has 3 saturated heterocycles. The molecule has 9 rings (SSSR count). The molecule has 0 aromatic heterocycles. The van der Waals surface area contributed by atoms with Gasteiger partial charge in [0.25, 0.3) is 0 Å². The number of fused-ring (bicyclic) bond motifs is 3. The van der Waals surface area contributed by atoms with Crippen molar-refractivity contribution in [3.05, 3.63) is 37.0 Å². The molecule has 6 saturated carbocycles. The summed E-state index contributed by atoms with van der Waals surface area (Å²) < 4.78 is 81.8. The molecule has 73 heavy (non-hydrogen) atoms. The number of alkyl halides is 3. The van der Waals surface area contributed by atoms with Gasteiger partial charge in [-0.05, 0) is 26.2 Å². The van der Waals surface area contributed by atoms with Crippen molar-refractivity contribution in [2.24, 2.45) is 71.0 Å². The molecule has 9 fully saturated rings. The van der Waals surface area contributed by atoms with E-state index in [4.69, 9.17) is 33.2 Å². The molecule has 27 heteroatoms. The first-order chi connectivity index (χ1) is 34.3. The Kier molecular flexibility index (Phi) is 15.1. The largest absolute Gasteiger partial charge is 0.481 e. The van der Waals surface area contributed by atoms with Crippen molar-refractivity contribution in [1.29, 1.82) is 0 Å². The van der Waals surface area contributed by atoms with Crippen LogP contribution >= 0.6 is 0 Å². The van der Waals surface area contributed by atoms with Gasteiger partial charge in [-0.2, -0.15) is 13.2 Å². The molecule has 6 aliphatic carbocycles. The summed E-state index contributed by atoms with van der Waals surface area (Å²) in [4.78, 5) is 139. The number of carboxylic acid groups (broad SMARTS) is 3. The van der Waals surface area contributed by atoms with E-state index in [1.54, 1.807) is 0 Å². The molecular formula is C46H47F3O24. The maximum absolute atomic E-state index is 12.3. The molecule has 0 amide bonds. The van der Waals surface area contributed by atoms with Crippen LogP contribution in [0, 0.1) is 71.0 Å². The van der Waals surface area contributed by atoms with E-state index in [0.29, 0.717) is 19.3 Å². The Labute approximate surface area is 409 Å². The van der Waals surface area contributed by atoms with Gasteiger partial charge in [0.1, 0.15) is 55.4 Å². The number of hydrogen-bond acceptors (Lipinski definition) is 21. The van der Waals surface area contributed by atoms with E-state index in [9.17, 15) is 86.0 Å². The van der Waals surface area contributed by atoms with Crippen LogP contribution in [0.15, 0.2) is 37.0 Å². The van der Waals surface area contributed by atoms with Crippen LogP contribution in [0.2, 0.25) is 0 Å². The minimum atomic E-state index is -4.99. The summed E-state index contributed by atoms with van der Waals surface area (Å²) >= 11 is 0. The molecule has 6 bridgehead atoms. The number of carboxylic acids is 3. The molecule has 3 heterocycles. The van der Waals surface area contributed by atoms with Gasteiger partial charge >= 0.3 is 77.8 Å². The van der Waals surface area contributed by atoms with Gasteiger partial charge in [0.15, 0.2) is 6.61 Å². The fraction of sp³-hybridized carbons (Fsp3) is 0.609. The monoisotopic (exact) mass is 1040 g/mol. The number of carbonyl (C=O) groups is 12. The number of halogens is 3. The van der Waals surface area contributed by atoms with Crippen LogP contribution in [0.1, 0.15) is 39.0 Å². The molecule has 0 spiro atoms. The SMILES string of the molecule is C=C(C(=O)OCC(=O)OC1C2CC3C1OC(=O)C3C2C(=O)O)C(F)(F)F.C=C(C)C(=O)OCCC(=O)OC1C2CC3C1OC(=O)C3C2C(=O)O.C=CC(=O)OCCC(=O)OC1C2CC3C1OC(=O)C3C2C(=O)O. The third-order valence-electron chi connectivity index (χ3n) is 14.8. The predicted octanol–water partition coefficient (Wildman–Crippen LogP) is 0.661.